The molecule has 6 nitrogen and oxygen atoms in total. The molecule has 0 aliphatic carbocycles. The molecule has 0 spiro atoms. The molecule has 2 heterocycles. The lowest BCUT2D eigenvalue weighted by atomic mass is 10.2. The molecule has 1 aliphatic heterocycles. The van der Waals surface area contributed by atoms with Crippen molar-refractivity contribution in [2.24, 2.45) is 0 Å². The van der Waals surface area contributed by atoms with E-state index in [4.69, 9.17) is 16.3 Å². The smallest absolute Gasteiger partial charge is 0.409 e. The molecule has 2 N–H and O–H groups in total. The van der Waals surface area contributed by atoms with Crippen molar-refractivity contribution in [2.75, 3.05) is 19.6 Å². The van der Waals surface area contributed by atoms with Crippen molar-refractivity contribution in [2.45, 2.75) is 12.6 Å². The minimum absolute atomic E-state index is 0.136. The fraction of sp³-hybridized carbons (Fsp3) is 0.294. The number of carbonyl (C=O) groups excluding carboxylic acids is 2. The highest BCUT2D eigenvalue weighted by Gasteiger charge is 2.29. The fourth-order valence-electron chi connectivity index (χ4n) is 2.49. The second kappa shape index (κ2) is 8.33. The molecule has 0 unspecified atom stereocenters. The number of nitrogens with one attached hydrogen (secondary N) is 2. The molecular weight excluding hydrogens is 362 g/mol. The zero-order valence-corrected chi connectivity index (χ0v) is 15.0. The number of ether oxygens (including phenoxy) is 1. The highest BCUT2D eigenvalue weighted by Crippen LogP contribution is 2.23. The minimum atomic E-state index is -0.509. The first-order chi connectivity index (χ1) is 12.1. The highest BCUT2D eigenvalue weighted by molar-refractivity contribution is 7.09. The van der Waals surface area contributed by atoms with Crippen LogP contribution in [0.3, 0.4) is 0 Å². The van der Waals surface area contributed by atoms with Crippen molar-refractivity contribution in [1.82, 2.24) is 15.5 Å². The summed E-state index contributed by atoms with van der Waals surface area (Å²) in [5.41, 5.74) is 0. The SMILES string of the molecule is O=C(NCc1cccs1)[C@@H]1CN(C(=O)Oc2ccccc2Cl)CCN1. The summed E-state index contributed by atoms with van der Waals surface area (Å²) in [7, 11) is 0. The van der Waals surface area contributed by atoms with Crippen molar-refractivity contribution in [3.05, 3.63) is 51.7 Å². The lowest BCUT2D eigenvalue weighted by molar-refractivity contribution is -0.124. The van der Waals surface area contributed by atoms with E-state index in [0.717, 1.165) is 4.88 Å². The van der Waals surface area contributed by atoms with Gasteiger partial charge < -0.3 is 20.3 Å². The second-order valence-corrected chi connectivity index (χ2v) is 6.99. The molecule has 3 rings (SSSR count). The van der Waals surface area contributed by atoms with Gasteiger partial charge in [0.2, 0.25) is 5.91 Å². The van der Waals surface area contributed by atoms with E-state index in [1.807, 2.05) is 17.5 Å². The number of piperazine rings is 1. The number of halogens is 1. The summed E-state index contributed by atoms with van der Waals surface area (Å²) in [6, 6.07) is 10.2. The van der Waals surface area contributed by atoms with E-state index in [2.05, 4.69) is 10.6 Å². The summed E-state index contributed by atoms with van der Waals surface area (Å²) in [5.74, 6) is 0.176. The van der Waals surface area contributed by atoms with Gasteiger partial charge in [-0.25, -0.2) is 4.79 Å². The Hall–Kier alpha value is -2.09. The van der Waals surface area contributed by atoms with Crippen LogP contribution in [-0.2, 0) is 11.3 Å². The van der Waals surface area contributed by atoms with Gasteiger partial charge in [-0.05, 0) is 23.6 Å². The van der Waals surface area contributed by atoms with E-state index in [1.54, 1.807) is 35.6 Å². The first kappa shape index (κ1) is 17.7. The molecule has 1 fully saturated rings. The van der Waals surface area contributed by atoms with Crippen LogP contribution in [0, 0.1) is 0 Å². The van der Waals surface area contributed by atoms with Crippen molar-refractivity contribution in [1.29, 1.82) is 0 Å². The molecule has 132 valence electrons. The number of rotatable bonds is 4. The third-order valence-corrected chi connectivity index (χ3v) is 4.99. The standard InChI is InChI=1S/C17H18ClN3O3S/c18-13-5-1-2-6-15(13)24-17(23)21-8-7-19-14(11-21)16(22)20-10-12-4-3-9-25-12/h1-6,9,14,19H,7-8,10-11H2,(H,20,22)/t14-/m0/s1. The lowest BCUT2D eigenvalue weighted by Crippen LogP contribution is -2.58. The molecule has 1 atom stereocenters. The predicted octanol–water partition coefficient (Wildman–Crippen LogP) is 2.49. The first-order valence-electron chi connectivity index (χ1n) is 7.88. The Bertz CT molecular complexity index is 738. The molecule has 25 heavy (non-hydrogen) atoms. The number of benzene rings is 1. The Labute approximate surface area is 154 Å². The van der Waals surface area contributed by atoms with E-state index < -0.39 is 12.1 Å². The van der Waals surface area contributed by atoms with E-state index in [1.165, 1.54) is 4.90 Å². The third-order valence-electron chi connectivity index (χ3n) is 3.80. The van der Waals surface area contributed by atoms with Gasteiger partial charge in [0.1, 0.15) is 6.04 Å². The van der Waals surface area contributed by atoms with Crippen LogP contribution in [0.1, 0.15) is 4.88 Å². The number of carbonyl (C=O) groups is 2. The van der Waals surface area contributed by atoms with Gasteiger partial charge in [-0.15, -0.1) is 11.3 Å². The maximum absolute atomic E-state index is 12.3. The molecular formula is C17H18ClN3O3S. The van der Waals surface area contributed by atoms with E-state index in [9.17, 15) is 9.59 Å². The maximum atomic E-state index is 12.3. The van der Waals surface area contributed by atoms with Crippen LogP contribution in [0.5, 0.6) is 5.75 Å². The normalized spacial score (nSPS) is 17.2. The summed E-state index contributed by atoms with van der Waals surface area (Å²) in [6.07, 6.45) is -0.509. The van der Waals surface area contributed by atoms with E-state index in [0.29, 0.717) is 30.4 Å². The maximum Gasteiger partial charge on any atom is 0.415 e. The van der Waals surface area contributed by atoms with Crippen molar-refractivity contribution in [3.8, 4) is 5.75 Å². The Balaban J connectivity index is 1.54. The first-order valence-corrected chi connectivity index (χ1v) is 9.14. The van der Waals surface area contributed by atoms with Gasteiger partial charge in [0.15, 0.2) is 5.75 Å². The number of hydrogen-bond donors (Lipinski definition) is 2. The predicted molar refractivity (Wildman–Crippen MR) is 97.0 cm³/mol. The van der Waals surface area contributed by atoms with Gasteiger partial charge in [-0.3, -0.25) is 4.79 Å². The van der Waals surface area contributed by atoms with Gasteiger partial charge in [0.05, 0.1) is 11.6 Å². The largest absolute Gasteiger partial charge is 0.415 e. The van der Waals surface area contributed by atoms with Gasteiger partial charge in [-0.2, -0.15) is 0 Å². The van der Waals surface area contributed by atoms with Crippen LogP contribution in [-0.4, -0.2) is 42.6 Å². The summed E-state index contributed by atoms with van der Waals surface area (Å²) in [6.45, 7) is 1.73. The average Bonchev–Trinajstić information content (AvgIpc) is 3.15. The molecule has 1 aromatic heterocycles. The number of amides is 2. The minimum Gasteiger partial charge on any atom is -0.409 e. The van der Waals surface area contributed by atoms with Crippen LogP contribution < -0.4 is 15.4 Å². The summed E-state index contributed by atoms with van der Waals surface area (Å²) < 4.78 is 5.33. The van der Waals surface area contributed by atoms with Crippen LogP contribution in [0.25, 0.3) is 0 Å². The third kappa shape index (κ3) is 4.72. The van der Waals surface area contributed by atoms with Crippen molar-refractivity contribution in [3.63, 3.8) is 0 Å². The van der Waals surface area contributed by atoms with E-state index >= 15 is 0 Å². The monoisotopic (exact) mass is 379 g/mol. The second-order valence-electron chi connectivity index (χ2n) is 5.55. The van der Waals surface area contributed by atoms with Gasteiger partial charge in [0, 0.05) is 24.5 Å². The molecule has 1 saturated heterocycles. The molecule has 8 heteroatoms. The Morgan fingerprint density at radius 2 is 2.16 bits per heavy atom. The van der Waals surface area contributed by atoms with Gasteiger partial charge in [-0.1, -0.05) is 29.8 Å². The molecule has 1 aromatic carbocycles. The molecule has 2 amide bonds. The molecule has 0 radical (unpaired) electrons. The number of nitrogens with zero attached hydrogens (tertiary/aromatic N) is 1. The van der Waals surface area contributed by atoms with Crippen LogP contribution in [0.2, 0.25) is 5.02 Å². The van der Waals surface area contributed by atoms with Crippen LogP contribution in [0.15, 0.2) is 41.8 Å². The Morgan fingerprint density at radius 1 is 1.32 bits per heavy atom. The Kier molecular flexibility index (Phi) is 5.91. The highest BCUT2D eigenvalue weighted by atomic mass is 35.5. The zero-order chi connectivity index (χ0) is 17.6. The molecule has 2 aromatic rings. The molecule has 0 bridgehead atoms. The zero-order valence-electron chi connectivity index (χ0n) is 13.4. The number of para-hydroxylation sites is 1. The van der Waals surface area contributed by atoms with Crippen molar-refractivity contribution >= 4 is 34.9 Å². The summed E-state index contributed by atoms with van der Waals surface area (Å²) in [5, 5.41) is 8.34. The lowest BCUT2D eigenvalue weighted by Gasteiger charge is -2.32. The summed E-state index contributed by atoms with van der Waals surface area (Å²) >= 11 is 7.59. The summed E-state index contributed by atoms with van der Waals surface area (Å²) in [4.78, 5) is 27.2. The number of hydrogen-bond acceptors (Lipinski definition) is 5. The molecule has 1 aliphatic rings. The van der Waals surface area contributed by atoms with Gasteiger partial charge in [0.25, 0.3) is 0 Å². The molecule has 0 saturated carbocycles. The van der Waals surface area contributed by atoms with Crippen LogP contribution in [0.4, 0.5) is 4.79 Å². The Morgan fingerprint density at radius 3 is 2.92 bits per heavy atom. The van der Waals surface area contributed by atoms with Gasteiger partial charge >= 0.3 is 6.09 Å². The quantitative estimate of drug-likeness (QED) is 0.856. The van der Waals surface area contributed by atoms with Crippen molar-refractivity contribution < 1.29 is 14.3 Å². The van der Waals surface area contributed by atoms with Crippen LogP contribution >= 0.6 is 22.9 Å². The number of thiophene rings is 1. The topological polar surface area (TPSA) is 70.7 Å². The van der Waals surface area contributed by atoms with E-state index in [-0.39, 0.29) is 12.5 Å². The fourth-order valence-corrected chi connectivity index (χ4v) is 3.31. The average molecular weight is 380 g/mol.